The van der Waals surface area contributed by atoms with Crippen molar-refractivity contribution in [3.63, 3.8) is 0 Å². The van der Waals surface area contributed by atoms with Crippen LogP contribution in [0.2, 0.25) is 0 Å². The number of rotatable bonds is 8. The maximum Gasteiger partial charge on any atom is -0.0207 e. The third-order valence-corrected chi connectivity index (χ3v) is 4.54. The van der Waals surface area contributed by atoms with Gasteiger partial charge in [0, 0.05) is 0 Å². The highest BCUT2D eigenvalue weighted by Gasteiger charge is 2.02. The second-order valence-corrected chi connectivity index (χ2v) is 6.90. The van der Waals surface area contributed by atoms with Crippen molar-refractivity contribution in [2.24, 2.45) is 0 Å². The topological polar surface area (TPSA) is 0 Å². The first-order chi connectivity index (χ1) is 11.1. The van der Waals surface area contributed by atoms with E-state index in [4.69, 9.17) is 0 Å². The zero-order valence-corrected chi connectivity index (χ0v) is 15.7. The quantitative estimate of drug-likeness (QED) is 0.243. The number of hydrogen-bond donors (Lipinski definition) is 0. The summed E-state index contributed by atoms with van der Waals surface area (Å²) in [5.41, 5.74) is 5.45. The van der Waals surface area contributed by atoms with E-state index in [0.29, 0.717) is 0 Å². The van der Waals surface area contributed by atoms with Crippen LogP contribution in [0.4, 0.5) is 0 Å². The van der Waals surface area contributed by atoms with Crippen molar-refractivity contribution in [2.75, 3.05) is 0 Å². The summed E-state index contributed by atoms with van der Waals surface area (Å²) < 4.78 is 0. The van der Waals surface area contributed by atoms with E-state index in [-0.39, 0.29) is 0 Å². The molecule has 0 heterocycles. The Morgan fingerprint density at radius 1 is 1.09 bits per heavy atom. The number of unbranched alkanes of at least 4 members (excludes halogenated alkanes) is 2. The average molecular weight is 313 g/mol. The fourth-order valence-electron chi connectivity index (χ4n) is 3.18. The van der Waals surface area contributed by atoms with Crippen molar-refractivity contribution in [2.45, 2.75) is 85.0 Å². The van der Waals surface area contributed by atoms with E-state index in [0.717, 1.165) is 12.0 Å². The SMILES string of the molecule is C=C(C=CCCCCC1=CCCCCCC1)C(C=CC)=C(C)C. The highest BCUT2D eigenvalue weighted by molar-refractivity contribution is 5.46. The lowest BCUT2D eigenvalue weighted by atomic mass is 9.96. The van der Waals surface area contributed by atoms with Crippen LogP contribution < -0.4 is 0 Å². The Labute approximate surface area is 144 Å². The summed E-state index contributed by atoms with van der Waals surface area (Å²) in [6.07, 6.45) is 24.7. The molecule has 0 atom stereocenters. The second kappa shape index (κ2) is 12.2. The molecule has 0 bridgehead atoms. The van der Waals surface area contributed by atoms with Gasteiger partial charge >= 0.3 is 0 Å². The lowest BCUT2D eigenvalue weighted by molar-refractivity contribution is 0.604. The summed E-state index contributed by atoms with van der Waals surface area (Å²) in [6.45, 7) is 10.6. The van der Waals surface area contributed by atoms with Gasteiger partial charge in [-0.2, -0.15) is 0 Å². The molecule has 0 amide bonds. The molecule has 1 aliphatic carbocycles. The number of allylic oxidation sites excluding steroid dienone is 9. The highest BCUT2D eigenvalue weighted by Crippen LogP contribution is 2.22. The van der Waals surface area contributed by atoms with Gasteiger partial charge in [0.05, 0.1) is 0 Å². The predicted octanol–water partition coefficient (Wildman–Crippen LogP) is 7.85. The maximum absolute atomic E-state index is 4.20. The summed E-state index contributed by atoms with van der Waals surface area (Å²) in [5.74, 6) is 0. The fraction of sp³-hybridized carbons (Fsp3) is 0.565. The molecule has 0 aromatic rings. The summed E-state index contributed by atoms with van der Waals surface area (Å²) >= 11 is 0. The van der Waals surface area contributed by atoms with Crippen LogP contribution in [0.1, 0.15) is 85.0 Å². The zero-order valence-electron chi connectivity index (χ0n) is 15.7. The standard InChI is InChI=1S/C23H36/c1-5-15-23(20(2)3)21(4)16-11-9-10-14-19-22-17-12-7-6-8-13-18-22/h5,11,15-17H,4,6-10,12-14,18-19H2,1-3H3. The van der Waals surface area contributed by atoms with Crippen LogP contribution in [-0.2, 0) is 0 Å². The van der Waals surface area contributed by atoms with Gasteiger partial charge in [0.25, 0.3) is 0 Å². The van der Waals surface area contributed by atoms with Gasteiger partial charge in [-0.15, -0.1) is 0 Å². The summed E-state index contributed by atoms with van der Waals surface area (Å²) in [6, 6.07) is 0. The molecule has 0 N–H and O–H groups in total. The average Bonchev–Trinajstić information content (AvgIpc) is 2.49. The van der Waals surface area contributed by atoms with Crippen molar-refractivity contribution in [3.05, 3.63) is 59.3 Å². The summed E-state index contributed by atoms with van der Waals surface area (Å²) in [4.78, 5) is 0. The minimum Gasteiger partial charge on any atom is -0.0912 e. The molecule has 0 radical (unpaired) electrons. The van der Waals surface area contributed by atoms with Crippen LogP contribution >= 0.6 is 0 Å². The minimum absolute atomic E-state index is 1.13. The molecule has 0 unspecified atom stereocenters. The lowest BCUT2D eigenvalue weighted by Gasteiger charge is -2.11. The van der Waals surface area contributed by atoms with Crippen molar-refractivity contribution < 1.29 is 0 Å². The van der Waals surface area contributed by atoms with Gasteiger partial charge in [0.15, 0.2) is 0 Å². The van der Waals surface area contributed by atoms with Crippen molar-refractivity contribution in [1.29, 1.82) is 0 Å². The normalized spacial score (nSPS) is 16.2. The van der Waals surface area contributed by atoms with E-state index < -0.39 is 0 Å². The Kier molecular flexibility index (Phi) is 10.4. The molecule has 0 aliphatic heterocycles. The molecule has 1 rings (SSSR count). The zero-order chi connectivity index (χ0) is 16.9. The van der Waals surface area contributed by atoms with Crippen LogP contribution in [0.3, 0.4) is 0 Å². The van der Waals surface area contributed by atoms with Gasteiger partial charge in [-0.05, 0) is 83.3 Å². The van der Waals surface area contributed by atoms with Crippen LogP contribution in [0.25, 0.3) is 0 Å². The molecular weight excluding hydrogens is 276 g/mol. The highest BCUT2D eigenvalue weighted by atomic mass is 14.1. The Balaban J connectivity index is 2.28. The smallest absolute Gasteiger partial charge is 0.0207 e. The molecule has 0 heteroatoms. The second-order valence-electron chi connectivity index (χ2n) is 6.90. The monoisotopic (exact) mass is 312 g/mol. The number of hydrogen-bond acceptors (Lipinski definition) is 0. The van der Waals surface area contributed by atoms with E-state index in [1.165, 1.54) is 68.9 Å². The molecular formula is C23H36. The first kappa shape index (κ1) is 19.7. The van der Waals surface area contributed by atoms with E-state index >= 15 is 0 Å². The first-order valence-corrected chi connectivity index (χ1v) is 9.49. The Bertz CT molecular complexity index is 464. The van der Waals surface area contributed by atoms with Crippen LogP contribution in [0.15, 0.2) is 59.3 Å². The molecule has 0 fully saturated rings. The van der Waals surface area contributed by atoms with E-state index in [2.05, 4.69) is 57.7 Å². The van der Waals surface area contributed by atoms with Crippen LogP contribution in [0, 0.1) is 0 Å². The molecule has 1 aliphatic rings. The van der Waals surface area contributed by atoms with Crippen molar-refractivity contribution in [1.82, 2.24) is 0 Å². The summed E-state index contributed by atoms with van der Waals surface area (Å²) in [7, 11) is 0. The maximum atomic E-state index is 4.20. The van der Waals surface area contributed by atoms with Gasteiger partial charge < -0.3 is 0 Å². The van der Waals surface area contributed by atoms with Crippen LogP contribution in [-0.4, -0.2) is 0 Å². The van der Waals surface area contributed by atoms with Crippen molar-refractivity contribution >= 4 is 0 Å². The Morgan fingerprint density at radius 3 is 2.61 bits per heavy atom. The predicted molar refractivity (Wildman–Crippen MR) is 106 cm³/mol. The van der Waals surface area contributed by atoms with Gasteiger partial charge in [-0.25, -0.2) is 0 Å². The third-order valence-electron chi connectivity index (χ3n) is 4.54. The molecule has 23 heavy (non-hydrogen) atoms. The molecule has 128 valence electrons. The third kappa shape index (κ3) is 8.79. The molecule has 0 aromatic heterocycles. The minimum atomic E-state index is 1.13. The van der Waals surface area contributed by atoms with Gasteiger partial charge in [-0.3, -0.25) is 0 Å². The lowest BCUT2D eigenvalue weighted by Crippen LogP contribution is -1.91. The molecule has 0 aromatic carbocycles. The van der Waals surface area contributed by atoms with Crippen molar-refractivity contribution in [3.8, 4) is 0 Å². The Morgan fingerprint density at radius 2 is 1.87 bits per heavy atom. The molecule has 0 spiro atoms. The molecule has 0 nitrogen and oxygen atoms in total. The fourth-order valence-corrected chi connectivity index (χ4v) is 3.18. The van der Waals surface area contributed by atoms with Gasteiger partial charge in [0.1, 0.15) is 0 Å². The van der Waals surface area contributed by atoms with Gasteiger partial charge in [0.2, 0.25) is 0 Å². The Hall–Kier alpha value is -1.30. The molecule has 0 saturated carbocycles. The molecule has 0 saturated heterocycles. The van der Waals surface area contributed by atoms with Crippen LogP contribution in [0.5, 0.6) is 0 Å². The van der Waals surface area contributed by atoms with E-state index in [1.54, 1.807) is 5.57 Å². The van der Waals surface area contributed by atoms with E-state index in [9.17, 15) is 0 Å². The largest absolute Gasteiger partial charge is 0.0912 e. The first-order valence-electron chi connectivity index (χ1n) is 9.49. The van der Waals surface area contributed by atoms with Gasteiger partial charge in [-0.1, -0.05) is 60.9 Å². The summed E-state index contributed by atoms with van der Waals surface area (Å²) in [5, 5.41) is 0. The van der Waals surface area contributed by atoms with E-state index in [1.807, 2.05) is 0 Å².